The van der Waals surface area contributed by atoms with Crippen molar-refractivity contribution < 1.29 is 19.1 Å². The Labute approximate surface area is 99.0 Å². The van der Waals surface area contributed by atoms with E-state index in [4.69, 9.17) is 9.52 Å². The fourth-order valence-electron chi connectivity index (χ4n) is 1.40. The maximum absolute atomic E-state index is 11.1. The number of likely N-dealkylation sites (N-methyl/N-ethyl adjacent to an activating group) is 1. The molecule has 0 saturated heterocycles. The normalized spacial score (nSPS) is 10.2. The summed E-state index contributed by atoms with van der Waals surface area (Å²) in [6.07, 6.45) is 0. The number of rotatable bonds is 6. The van der Waals surface area contributed by atoms with Crippen molar-refractivity contribution in [3.63, 3.8) is 0 Å². The van der Waals surface area contributed by atoms with Crippen LogP contribution in [0.25, 0.3) is 0 Å². The van der Waals surface area contributed by atoms with Crippen molar-refractivity contribution in [1.29, 1.82) is 0 Å². The molecule has 0 saturated carbocycles. The molecule has 17 heavy (non-hydrogen) atoms. The second kappa shape index (κ2) is 6.05. The molecular weight excluding hydrogens is 224 g/mol. The maximum Gasteiger partial charge on any atom is 0.339 e. The number of carboxylic acid groups (broad SMARTS) is 1. The highest BCUT2D eigenvalue weighted by Crippen LogP contribution is 2.14. The third-order valence-electron chi connectivity index (χ3n) is 2.16. The first-order chi connectivity index (χ1) is 8.04. The molecule has 0 aromatic carbocycles. The minimum Gasteiger partial charge on any atom is -0.478 e. The summed E-state index contributed by atoms with van der Waals surface area (Å²) in [5.74, 6) is -0.244. The minimum absolute atomic E-state index is 0.103. The highest BCUT2D eigenvalue weighted by atomic mass is 16.4. The molecular formula is C11H16N2O4. The molecule has 94 valence electrons. The molecule has 6 nitrogen and oxygen atoms in total. The van der Waals surface area contributed by atoms with E-state index in [0.717, 1.165) is 0 Å². The van der Waals surface area contributed by atoms with E-state index < -0.39 is 5.97 Å². The molecule has 1 aromatic heterocycles. The Morgan fingerprint density at radius 1 is 1.47 bits per heavy atom. The Morgan fingerprint density at radius 3 is 2.71 bits per heavy atom. The van der Waals surface area contributed by atoms with Crippen molar-refractivity contribution in [3.8, 4) is 0 Å². The lowest BCUT2D eigenvalue weighted by Gasteiger charge is -2.02. The molecule has 0 radical (unpaired) electrons. The average molecular weight is 240 g/mol. The quantitative estimate of drug-likeness (QED) is 0.674. The van der Waals surface area contributed by atoms with E-state index in [1.165, 1.54) is 6.07 Å². The number of carbonyl (C=O) groups is 2. The Morgan fingerprint density at radius 2 is 2.18 bits per heavy atom. The third kappa shape index (κ3) is 3.92. The molecule has 0 aliphatic rings. The van der Waals surface area contributed by atoms with Crippen LogP contribution in [0, 0.1) is 6.92 Å². The maximum atomic E-state index is 11.1. The summed E-state index contributed by atoms with van der Waals surface area (Å²) in [5.41, 5.74) is 0.153. The highest BCUT2D eigenvalue weighted by Gasteiger charge is 2.13. The molecule has 0 fully saturated rings. The number of carboxylic acids is 1. The van der Waals surface area contributed by atoms with Crippen LogP contribution in [-0.4, -0.2) is 30.1 Å². The lowest BCUT2D eigenvalue weighted by Crippen LogP contribution is -2.33. The molecule has 0 unspecified atom stereocenters. The van der Waals surface area contributed by atoms with Gasteiger partial charge in [-0.05, 0) is 19.9 Å². The van der Waals surface area contributed by atoms with Gasteiger partial charge in [0.25, 0.3) is 0 Å². The number of amides is 1. The Balaban J connectivity index is 2.45. The van der Waals surface area contributed by atoms with E-state index in [1.54, 1.807) is 6.92 Å². The predicted molar refractivity (Wildman–Crippen MR) is 60.8 cm³/mol. The van der Waals surface area contributed by atoms with Gasteiger partial charge in [-0.15, -0.1) is 0 Å². The van der Waals surface area contributed by atoms with Gasteiger partial charge in [-0.1, -0.05) is 0 Å². The average Bonchev–Trinajstić information content (AvgIpc) is 2.60. The Kier molecular flexibility index (Phi) is 4.71. The number of aromatic carboxylic acids is 1. The summed E-state index contributed by atoms with van der Waals surface area (Å²) in [5, 5.41) is 14.3. The standard InChI is InChI=1S/C11H16N2O4/c1-3-13-10(14)6-12-5-8-4-9(11(15)16)7(2)17-8/h4,12H,3,5-6H2,1-2H3,(H,13,14)(H,15,16). The number of hydrogen-bond donors (Lipinski definition) is 3. The van der Waals surface area contributed by atoms with Crippen molar-refractivity contribution in [2.45, 2.75) is 20.4 Å². The molecule has 1 heterocycles. The van der Waals surface area contributed by atoms with E-state index in [2.05, 4.69) is 10.6 Å². The van der Waals surface area contributed by atoms with Gasteiger partial charge in [0.05, 0.1) is 13.1 Å². The van der Waals surface area contributed by atoms with Crippen LogP contribution < -0.4 is 10.6 Å². The van der Waals surface area contributed by atoms with Crippen LogP contribution in [0.1, 0.15) is 28.8 Å². The molecule has 1 aromatic rings. The van der Waals surface area contributed by atoms with Crippen molar-refractivity contribution in [3.05, 3.63) is 23.2 Å². The van der Waals surface area contributed by atoms with E-state index in [1.807, 2.05) is 6.92 Å². The van der Waals surface area contributed by atoms with Crippen molar-refractivity contribution >= 4 is 11.9 Å². The molecule has 3 N–H and O–H groups in total. The van der Waals surface area contributed by atoms with E-state index in [-0.39, 0.29) is 18.0 Å². The molecule has 0 aliphatic carbocycles. The fraction of sp³-hybridized carbons (Fsp3) is 0.455. The predicted octanol–water partition coefficient (Wildman–Crippen LogP) is 0.512. The lowest BCUT2D eigenvalue weighted by molar-refractivity contribution is -0.120. The van der Waals surface area contributed by atoms with Crippen LogP contribution >= 0.6 is 0 Å². The van der Waals surface area contributed by atoms with Crippen LogP contribution in [0.3, 0.4) is 0 Å². The first-order valence-corrected chi connectivity index (χ1v) is 5.34. The lowest BCUT2D eigenvalue weighted by atomic mass is 10.2. The topological polar surface area (TPSA) is 91.6 Å². The van der Waals surface area contributed by atoms with Crippen LogP contribution in [0.5, 0.6) is 0 Å². The number of nitrogens with one attached hydrogen (secondary N) is 2. The molecule has 0 atom stereocenters. The van der Waals surface area contributed by atoms with Gasteiger partial charge in [0.1, 0.15) is 17.1 Å². The summed E-state index contributed by atoms with van der Waals surface area (Å²) in [6, 6.07) is 1.46. The number of furan rings is 1. The SMILES string of the molecule is CCNC(=O)CNCc1cc(C(=O)O)c(C)o1. The zero-order valence-electron chi connectivity index (χ0n) is 9.87. The van der Waals surface area contributed by atoms with Gasteiger partial charge in [-0.3, -0.25) is 4.79 Å². The zero-order chi connectivity index (χ0) is 12.8. The van der Waals surface area contributed by atoms with Crippen LogP contribution in [-0.2, 0) is 11.3 Å². The number of carbonyl (C=O) groups excluding carboxylic acids is 1. The third-order valence-corrected chi connectivity index (χ3v) is 2.16. The van der Waals surface area contributed by atoms with Crippen molar-refractivity contribution in [2.24, 2.45) is 0 Å². The molecule has 6 heteroatoms. The zero-order valence-corrected chi connectivity index (χ0v) is 9.87. The highest BCUT2D eigenvalue weighted by molar-refractivity contribution is 5.88. The second-order valence-electron chi connectivity index (χ2n) is 3.54. The van der Waals surface area contributed by atoms with E-state index in [9.17, 15) is 9.59 Å². The van der Waals surface area contributed by atoms with Gasteiger partial charge in [0.15, 0.2) is 0 Å². The Hall–Kier alpha value is -1.82. The van der Waals surface area contributed by atoms with E-state index >= 15 is 0 Å². The summed E-state index contributed by atoms with van der Waals surface area (Å²) >= 11 is 0. The fourth-order valence-corrected chi connectivity index (χ4v) is 1.40. The monoisotopic (exact) mass is 240 g/mol. The van der Waals surface area contributed by atoms with Gasteiger partial charge in [0.2, 0.25) is 5.91 Å². The first-order valence-electron chi connectivity index (χ1n) is 5.34. The molecule has 1 amide bonds. The summed E-state index contributed by atoms with van der Waals surface area (Å²) in [6.45, 7) is 4.52. The van der Waals surface area contributed by atoms with Gasteiger partial charge >= 0.3 is 5.97 Å². The Bertz CT molecular complexity index is 412. The molecule has 0 spiro atoms. The molecule has 0 bridgehead atoms. The number of hydrogen-bond acceptors (Lipinski definition) is 4. The van der Waals surface area contributed by atoms with Crippen LogP contribution in [0.15, 0.2) is 10.5 Å². The van der Waals surface area contributed by atoms with Gasteiger partial charge in [-0.2, -0.15) is 0 Å². The van der Waals surface area contributed by atoms with Gasteiger partial charge in [0, 0.05) is 6.54 Å². The van der Waals surface area contributed by atoms with Crippen molar-refractivity contribution in [1.82, 2.24) is 10.6 Å². The van der Waals surface area contributed by atoms with Crippen molar-refractivity contribution in [2.75, 3.05) is 13.1 Å². The summed E-state index contributed by atoms with van der Waals surface area (Å²) in [7, 11) is 0. The number of aryl methyl sites for hydroxylation is 1. The molecule has 0 aliphatic heterocycles. The van der Waals surface area contributed by atoms with Crippen LogP contribution in [0.4, 0.5) is 0 Å². The second-order valence-corrected chi connectivity index (χ2v) is 3.54. The van der Waals surface area contributed by atoms with Gasteiger partial charge in [-0.25, -0.2) is 4.79 Å². The molecule has 1 rings (SSSR count). The minimum atomic E-state index is -1.01. The summed E-state index contributed by atoms with van der Waals surface area (Å²) < 4.78 is 5.24. The van der Waals surface area contributed by atoms with E-state index in [0.29, 0.717) is 24.6 Å². The van der Waals surface area contributed by atoms with Crippen LogP contribution in [0.2, 0.25) is 0 Å². The summed E-state index contributed by atoms with van der Waals surface area (Å²) in [4.78, 5) is 21.9. The largest absolute Gasteiger partial charge is 0.478 e. The van der Waals surface area contributed by atoms with Gasteiger partial charge < -0.3 is 20.2 Å². The first kappa shape index (κ1) is 13.2. The smallest absolute Gasteiger partial charge is 0.339 e.